The summed E-state index contributed by atoms with van der Waals surface area (Å²) in [5, 5.41) is 34.9. The highest BCUT2D eigenvalue weighted by molar-refractivity contribution is 6.53. The van der Waals surface area contributed by atoms with E-state index in [2.05, 4.69) is 39.5 Å². The van der Waals surface area contributed by atoms with Crippen molar-refractivity contribution < 1.29 is 14.7 Å². The number of carbonyl (C=O) groups excluding carboxylic acids is 2. The fraction of sp³-hybridized carbons (Fsp3) is 0.191. The Morgan fingerprint density at radius 1 is 0.536 bits per heavy atom. The van der Waals surface area contributed by atoms with Crippen LogP contribution < -0.4 is 42.4 Å². The standard InChI is InChI=1S/C47H38N6O3/c1-45(2)48-31-11-7-9-22-13-17-25(38(50-45)33(22)31)29-21-30(42(29)54)26-18-14-24-16-20-28(41-35(24)39(26)51-47(5,6)53-41)37-43(55)36(44(37)56)27-19-15-23-10-8-12-32-34(23)40(27)52-46(3,4)49-32/h7-21,48-49,51,53,55H,1-6H3. The fourth-order valence-electron chi connectivity index (χ4n) is 9.27. The zero-order chi connectivity index (χ0) is 38.6. The number of anilines is 4. The largest absolute Gasteiger partial charge is 0.506 e. The molecule has 5 aliphatic rings. The molecule has 0 spiro atoms. The van der Waals surface area contributed by atoms with Gasteiger partial charge in [0.15, 0.2) is 5.78 Å². The number of Topliss-reactive ketones (excluding diaryl/α,β-unsaturated/α-hetero) is 2. The number of carbonyl (C=O) groups is 2. The second-order valence-corrected chi connectivity index (χ2v) is 17.0. The van der Waals surface area contributed by atoms with Crippen molar-refractivity contribution in [2.45, 2.75) is 58.5 Å². The average molecular weight is 735 g/mol. The number of benzene rings is 6. The lowest BCUT2D eigenvalue weighted by Crippen LogP contribution is -2.44. The summed E-state index contributed by atoms with van der Waals surface area (Å²) < 4.78 is 0. The summed E-state index contributed by atoms with van der Waals surface area (Å²) in [6.45, 7) is 12.1. The first-order valence-corrected chi connectivity index (χ1v) is 19.0. The molecule has 0 fully saturated rings. The molecule has 0 amide bonds. The first-order valence-electron chi connectivity index (χ1n) is 19.0. The third-order valence-electron chi connectivity index (χ3n) is 11.6. The van der Waals surface area contributed by atoms with Crippen LogP contribution in [0.2, 0.25) is 0 Å². The van der Waals surface area contributed by atoms with E-state index >= 15 is 0 Å². The molecular formula is C47H38N6O3. The molecule has 9 heteroatoms. The fourth-order valence-corrected chi connectivity index (χ4v) is 9.27. The molecule has 56 heavy (non-hydrogen) atoms. The van der Waals surface area contributed by atoms with Gasteiger partial charge in [-0.2, -0.15) is 0 Å². The zero-order valence-electron chi connectivity index (χ0n) is 31.8. The van der Waals surface area contributed by atoms with Crippen LogP contribution in [-0.4, -0.2) is 33.7 Å². The van der Waals surface area contributed by atoms with E-state index in [0.29, 0.717) is 27.3 Å². The Hall–Kier alpha value is -6.74. The van der Waals surface area contributed by atoms with Crippen LogP contribution in [0.1, 0.15) is 52.7 Å². The van der Waals surface area contributed by atoms with E-state index in [1.165, 1.54) is 0 Å². The van der Waals surface area contributed by atoms with E-state index in [9.17, 15) is 14.7 Å². The summed E-state index contributed by atoms with van der Waals surface area (Å²) >= 11 is 0. The van der Waals surface area contributed by atoms with Crippen molar-refractivity contribution in [2.75, 3.05) is 21.3 Å². The Kier molecular flexibility index (Phi) is 6.13. The van der Waals surface area contributed by atoms with E-state index in [1.54, 1.807) is 0 Å². The number of hydrogen-bond donors (Lipinski definition) is 5. The molecule has 0 bridgehead atoms. The molecule has 0 unspecified atom stereocenters. The van der Waals surface area contributed by atoms with Gasteiger partial charge in [0.2, 0.25) is 5.78 Å². The van der Waals surface area contributed by atoms with Gasteiger partial charge in [-0.1, -0.05) is 72.8 Å². The number of ketones is 2. The number of aliphatic hydroxyl groups excluding tert-OH is 1. The van der Waals surface area contributed by atoms with Crippen molar-refractivity contribution >= 4 is 88.9 Å². The van der Waals surface area contributed by atoms with Gasteiger partial charge in [-0.15, -0.1) is 0 Å². The monoisotopic (exact) mass is 734 g/mol. The smallest absolute Gasteiger partial charge is 0.201 e. The molecular weight excluding hydrogens is 697 g/mol. The summed E-state index contributed by atoms with van der Waals surface area (Å²) in [6, 6.07) is 28.0. The summed E-state index contributed by atoms with van der Waals surface area (Å²) in [5.41, 5.74) is 4.84. The predicted molar refractivity (Wildman–Crippen MR) is 224 cm³/mol. The Morgan fingerprint density at radius 2 is 1.05 bits per heavy atom. The molecule has 0 atom stereocenters. The minimum atomic E-state index is -0.658. The summed E-state index contributed by atoms with van der Waals surface area (Å²) in [6.07, 6.45) is 1.97. The normalized spacial score (nSPS) is 21.1. The molecule has 6 aromatic rings. The van der Waals surface area contributed by atoms with E-state index in [-0.39, 0.29) is 28.5 Å². The van der Waals surface area contributed by atoms with Crippen LogP contribution >= 0.6 is 0 Å². The van der Waals surface area contributed by atoms with Gasteiger partial charge in [-0.3, -0.25) is 19.6 Å². The van der Waals surface area contributed by atoms with Gasteiger partial charge in [0, 0.05) is 60.2 Å². The van der Waals surface area contributed by atoms with Gasteiger partial charge in [0.1, 0.15) is 22.7 Å². The van der Waals surface area contributed by atoms with Crippen LogP contribution in [-0.2, 0) is 9.59 Å². The number of nitrogens with one attached hydrogen (secondary N) is 4. The summed E-state index contributed by atoms with van der Waals surface area (Å²) in [5.74, 6) is -0.337. The van der Waals surface area contributed by atoms with Gasteiger partial charge in [-0.25, -0.2) is 0 Å². The first-order chi connectivity index (χ1) is 26.7. The van der Waals surface area contributed by atoms with Crippen molar-refractivity contribution in [3.05, 3.63) is 129 Å². The second-order valence-electron chi connectivity index (χ2n) is 17.0. The summed E-state index contributed by atoms with van der Waals surface area (Å²) in [4.78, 5) is 38.7. The van der Waals surface area contributed by atoms with Crippen molar-refractivity contribution in [2.24, 2.45) is 9.98 Å². The summed E-state index contributed by atoms with van der Waals surface area (Å²) in [7, 11) is 0. The number of allylic oxidation sites excluding steroid dienone is 4. The van der Waals surface area contributed by atoms with Gasteiger partial charge in [0.05, 0.1) is 33.2 Å². The third kappa shape index (κ3) is 4.42. The molecule has 3 heterocycles. The molecule has 0 saturated carbocycles. The second kappa shape index (κ2) is 10.5. The molecule has 2 aliphatic carbocycles. The third-order valence-corrected chi connectivity index (χ3v) is 11.6. The van der Waals surface area contributed by atoms with Gasteiger partial charge in [-0.05, 0) is 75.9 Å². The van der Waals surface area contributed by atoms with Crippen molar-refractivity contribution in [1.82, 2.24) is 0 Å². The lowest BCUT2D eigenvalue weighted by atomic mass is 9.78. The molecule has 5 N–H and O–H groups in total. The molecule has 0 aromatic heterocycles. The molecule has 0 saturated heterocycles. The topological polar surface area (TPSA) is 127 Å². The number of rotatable bonds is 2. The van der Waals surface area contributed by atoms with E-state index in [0.717, 1.165) is 71.2 Å². The van der Waals surface area contributed by atoms with E-state index in [1.807, 2.05) is 114 Å². The minimum absolute atomic E-state index is 0.0453. The molecule has 6 aromatic carbocycles. The SMILES string of the molecule is CC1(C)N=c2c(=C3C=C(c4ccc5ccc(C6=C(O)C(=c7ccc8cccc9c8c7=NC(C)(C)N9)C6=O)c6c5c4NC(C)(C)N6)C3=O)ccc3cccc(c23)N1. The zero-order valence-corrected chi connectivity index (χ0v) is 31.8. The van der Waals surface area contributed by atoms with Gasteiger partial charge >= 0.3 is 0 Å². The van der Waals surface area contributed by atoms with Gasteiger partial charge < -0.3 is 26.4 Å². The molecule has 11 rings (SSSR count). The Balaban J connectivity index is 1.10. The Labute approximate surface area is 321 Å². The molecule has 9 nitrogen and oxygen atoms in total. The highest BCUT2D eigenvalue weighted by Gasteiger charge is 2.40. The predicted octanol–water partition coefficient (Wildman–Crippen LogP) is 6.80. The highest BCUT2D eigenvalue weighted by atomic mass is 16.3. The average Bonchev–Trinajstić information content (AvgIpc) is 3.13. The maximum atomic E-state index is 14.3. The van der Waals surface area contributed by atoms with Crippen molar-refractivity contribution in [1.29, 1.82) is 0 Å². The maximum absolute atomic E-state index is 14.3. The quantitative estimate of drug-likeness (QED) is 0.133. The van der Waals surface area contributed by atoms with Crippen LogP contribution in [0.15, 0.2) is 107 Å². The van der Waals surface area contributed by atoms with E-state index in [4.69, 9.17) is 9.98 Å². The molecule has 274 valence electrons. The number of aliphatic hydroxyl groups is 1. The van der Waals surface area contributed by atoms with Gasteiger partial charge in [0.25, 0.3) is 0 Å². The Bertz CT molecular complexity index is 3280. The molecule has 3 aliphatic heterocycles. The van der Waals surface area contributed by atoms with Crippen LogP contribution in [0.5, 0.6) is 0 Å². The van der Waals surface area contributed by atoms with Crippen molar-refractivity contribution in [3.8, 4) is 0 Å². The Morgan fingerprint density at radius 3 is 1.64 bits per heavy atom. The maximum Gasteiger partial charge on any atom is 0.201 e. The van der Waals surface area contributed by atoms with Crippen LogP contribution in [0.25, 0.3) is 54.6 Å². The van der Waals surface area contributed by atoms with Crippen LogP contribution in [0.4, 0.5) is 22.7 Å². The lowest BCUT2D eigenvalue weighted by molar-refractivity contribution is -0.110. The van der Waals surface area contributed by atoms with E-state index < -0.39 is 17.0 Å². The number of hydrogen-bond acceptors (Lipinski definition) is 9. The lowest BCUT2D eigenvalue weighted by Gasteiger charge is -2.39. The van der Waals surface area contributed by atoms with Crippen molar-refractivity contribution in [3.63, 3.8) is 0 Å². The first kappa shape index (κ1) is 32.7. The minimum Gasteiger partial charge on any atom is -0.506 e. The molecule has 0 radical (unpaired) electrons. The number of nitrogens with zero attached hydrogens (tertiary/aromatic N) is 2. The van der Waals surface area contributed by atoms with Crippen LogP contribution in [0, 0.1) is 0 Å². The van der Waals surface area contributed by atoms with Crippen LogP contribution in [0.3, 0.4) is 0 Å². The highest BCUT2D eigenvalue weighted by Crippen LogP contribution is 2.49.